The minimum absolute atomic E-state index is 0.127. The number of ketones is 1. The third kappa shape index (κ3) is 5.10. The lowest BCUT2D eigenvalue weighted by Crippen LogP contribution is -2.42. The molecule has 0 radical (unpaired) electrons. The number of phenolic OH excluding ortho intramolecular Hbond substituents is 1. The summed E-state index contributed by atoms with van der Waals surface area (Å²) in [7, 11) is 0. The smallest absolute Gasteiger partial charge is 0.309 e. The van der Waals surface area contributed by atoms with Gasteiger partial charge in [0, 0.05) is 25.2 Å². The highest BCUT2D eigenvalue weighted by Crippen LogP contribution is 2.41. The van der Waals surface area contributed by atoms with Crippen molar-refractivity contribution in [2.75, 3.05) is 26.3 Å². The van der Waals surface area contributed by atoms with Gasteiger partial charge in [0.15, 0.2) is 12.4 Å². The number of hydrogen-bond acceptors (Lipinski definition) is 7. The van der Waals surface area contributed by atoms with Gasteiger partial charge in [-0.3, -0.25) is 14.4 Å². The molecule has 8 nitrogen and oxygen atoms in total. The molecule has 2 aliphatic rings. The van der Waals surface area contributed by atoms with E-state index in [1.165, 1.54) is 12.1 Å². The number of carbonyl (C=O) groups is 3. The summed E-state index contributed by atoms with van der Waals surface area (Å²) in [6.07, 6.45) is 0.788. The van der Waals surface area contributed by atoms with Crippen LogP contribution in [0.15, 0.2) is 42.5 Å². The Labute approximate surface area is 192 Å². The summed E-state index contributed by atoms with van der Waals surface area (Å²) in [6.45, 7) is 2.81. The lowest BCUT2D eigenvalue weighted by molar-refractivity contribution is -0.151. The SMILES string of the molecule is CCOC(=O)C1CCN(C(=O)COc2cc(O)c3c(c2)OC(c2ccccc2)CC3=O)CC1. The fourth-order valence-electron chi connectivity index (χ4n) is 4.21. The first-order valence-corrected chi connectivity index (χ1v) is 11.1. The summed E-state index contributed by atoms with van der Waals surface area (Å²) in [5.41, 5.74) is 0.991. The van der Waals surface area contributed by atoms with Crippen LogP contribution < -0.4 is 9.47 Å². The molecule has 33 heavy (non-hydrogen) atoms. The molecule has 2 heterocycles. The second-order valence-corrected chi connectivity index (χ2v) is 8.16. The number of esters is 1. The Morgan fingerprint density at radius 1 is 1.15 bits per heavy atom. The summed E-state index contributed by atoms with van der Waals surface area (Å²) in [6, 6.07) is 12.2. The largest absolute Gasteiger partial charge is 0.507 e. The maximum Gasteiger partial charge on any atom is 0.309 e. The predicted molar refractivity (Wildman–Crippen MR) is 118 cm³/mol. The molecule has 0 saturated carbocycles. The van der Waals surface area contributed by atoms with Crippen LogP contribution in [0.1, 0.15) is 48.2 Å². The Morgan fingerprint density at radius 3 is 2.58 bits per heavy atom. The molecule has 0 aliphatic carbocycles. The third-order valence-corrected chi connectivity index (χ3v) is 5.97. The van der Waals surface area contributed by atoms with Gasteiger partial charge in [-0.2, -0.15) is 0 Å². The average Bonchev–Trinajstić information content (AvgIpc) is 2.83. The Hall–Kier alpha value is -3.55. The molecule has 1 amide bonds. The van der Waals surface area contributed by atoms with Crippen molar-refractivity contribution in [3.8, 4) is 17.2 Å². The van der Waals surface area contributed by atoms with Crippen molar-refractivity contribution in [2.24, 2.45) is 5.92 Å². The van der Waals surface area contributed by atoms with E-state index in [0.29, 0.717) is 32.5 Å². The molecular formula is C25H27NO7. The molecule has 174 valence electrons. The maximum absolute atomic E-state index is 12.6. The number of hydrogen-bond donors (Lipinski definition) is 1. The van der Waals surface area contributed by atoms with Gasteiger partial charge >= 0.3 is 5.97 Å². The van der Waals surface area contributed by atoms with Crippen LogP contribution in [0.2, 0.25) is 0 Å². The van der Waals surface area contributed by atoms with Crippen LogP contribution in [0.25, 0.3) is 0 Å². The zero-order valence-corrected chi connectivity index (χ0v) is 18.5. The molecule has 1 saturated heterocycles. The van der Waals surface area contributed by atoms with Gasteiger partial charge in [-0.05, 0) is 25.3 Å². The van der Waals surface area contributed by atoms with E-state index in [0.717, 1.165) is 5.56 Å². The Kier molecular flexibility index (Phi) is 6.82. The van der Waals surface area contributed by atoms with E-state index in [-0.39, 0.29) is 59.4 Å². The van der Waals surface area contributed by atoms with E-state index < -0.39 is 6.10 Å². The quantitative estimate of drug-likeness (QED) is 0.670. The topological polar surface area (TPSA) is 102 Å². The van der Waals surface area contributed by atoms with Crippen molar-refractivity contribution in [1.29, 1.82) is 0 Å². The Morgan fingerprint density at radius 2 is 1.88 bits per heavy atom. The number of amides is 1. The molecule has 0 bridgehead atoms. The number of phenols is 1. The fraction of sp³-hybridized carbons (Fsp3) is 0.400. The van der Waals surface area contributed by atoms with Crippen LogP contribution in [0.3, 0.4) is 0 Å². The van der Waals surface area contributed by atoms with Crippen molar-refractivity contribution >= 4 is 17.7 Å². The van der Waals surface area contributed by atoms with Crippen molar-refractivity contribution < 1.29 is 33.7 Å². The van der Waals surface area contributed by atoms with E-state index in [1.54, 1.807) is 11.8 Å². The van der Waals surface area contributed by atoms with Gasteiger partial charge in [0.25, 0.3) is 5.91 Å². The third-order valence-electron chi connectivity index (χ3n) is 5.97. The molecule has 4 rings (SSSR count). The van der Waals surface area contributed by atoms with E-state index in [2.05, 4.69) is 0 Å². The summed E-state index contributed by atoms with van der Waals surface area (Å²) in [5.74, 6) is -0.584. The van der Waals surface area contributed by atoms with Crippen LogP contribution >= 0.6 is 0 Å². The van der Waals surface area contributed by atoms with Gasteiger partial charge in [0.2, 0.25) is 0 Å². The summed E-state index contributed by atoms with van der Waals surface area (Å²) < 4.78 is 16.7. The summed E-state index contributed by atoms with van der Waals surface area (Å²) >= 11 is 0. The summed E-state index contributed by atoms with van der Waals surface area (Å²) in [5, 5.41) is 10.4. The van der Waals surface area contributed by atoms with Crippen molar-refractivity contribution in [2.45, 2.75) is 32.3 Å². The molecule has 2 aliphatic heterocycles. The van der Waals surface area contributed by atoms with Gasteiger partial charge in [0.05, 0.1) is 18.9 Å². The van der Waals surface area contributed by atoms with Crippen LogP contribution in [-0.4, -0.2) is 54.0 Å². The van der Waals surface area contributed by atoms with Crippen LogP contribution in [0, 0.1) is 5.92 Å². The van der Waals surface area contributed by atoms with Crippen LogP contribution in [0.5, 0.6) is 17.2 Å². The first-order chi connectivity index (χ1) is 16.0. The van der Waals surface area contributed by atoms with E-state index in [9.17, 15) is 19.5 Å². The molecule has 1 atom stereocenters. The van der Waals surface area contributed by atoms with Crippen molar-refractivity contribution in [3.63, 3.8) is 0 Å². The normalized spacial score (nSPS) is 18.3. The van der Waals surface area contributed by atoms with E-state index >= 15 is 0 Å². The maximum atomic E-state index is 12.6. The highest BCUT2D eigenvalue weighted by molar-refractivity contribution is 6.02. The van der Waals surface area contributed by atoms with Crippen molar-refractivity contribution in [3.05, 3.63) is 53.6 Å². The molecule has 8 heteroatoms. The van der Waals surface area contributed by atoms with Crippen LogP contribution in [0.4, 0.5) is 0 Å². The number of fused-ring (bicyclic) bond motifs is 1. The number of likely N-dealkylation sites (tertiary alicyclic amines) is 1. The number of piperidine rings is 1. The number of rotatable bonds is 6. The van der Waals surface area contributed by atoms with Gasteiger partial charge in [0.1, 0.15) is 28.9 Å². The lowest BCUT2D eigenvalue weighted by Gasteiger charge is -2.31. The molecule has 0 aromatic heterocycles. The first-order valence-electron chi connectivity index (χ1n) is 11.1. The van der Waals surface area contributed by atoms with Gasteiger partial charge in [-0.25, -0.2) is 0 Å². The lowest BCUT2D eigenvalue weighted by atomic mass is 9.95. The van der Waals surface area contributed by atoms with Crippen molar-refractivity contribution in [1.82, 2.24) is 4.90 Å². The highest BCUT2D eigenvalue weighted by Gasteiger charge is 2.31. The zero-order chi connectivity index (χ0) is 23.4. The monoisotopic (exact) mass is 453 g/mol. The van der Waals surface area contributed by atoms with E-state index in [4.69, 9.17) is 14.2 Å². The van der Waals surface area contributed by atoms with Crippen LogP contribution in [-0.2, 0) is 14.3 Å². The number of aromatic hydroxyl groups is 1. The Balaban J connectivity index is 1.38. The minimum atomic E-state index is -0.455. The van der Waals surface area contributed by atoms with Gasteiger partial charge < -0.3 is 24.2 Å². The molecular weight excluding hydrogens is 426 g/mol. The molecule has 0 spiro atoms. The number of nitrogens with zero attached hydrogens (tertiary/aromatic N) is 1. The molecule has 1 fully saturated rings. The molecule has 1 N–H and O–H groups in total. The number of benzene rings is 2. The van der Waals surface area contributed by atoms with Gasteiger partial charge in [-0.15, -0.1) is 0 Å². The standard InChI is InChI=1S/C25H27NO7/c1-2-31-25(30)17-8-10-26(11-9-17)23(29)15-32-18-12-19(27)24-20(28)14-21(33-22(24)13-18)16-6-4-3-5-7-16/h3-7,12-13,17,21,27H,2,8-11,14-15H2,1H3. The number of carbonyl (C=O) groups excluding carboxylic acids is 3. The predicted octanol–water partition coefficient (Wildman–Crippen LogP) is 3.28. The van der Waals surface area contributed by atoms with Gasteiger partial charge in [-0.1, -0.05) is 30.3 Å². The minimum Gasteiger partial charge on any atom is -0.507 e. The number of Topliss-reactive ketones (excluding diaryl/α,β-unsaturated/α-hetero) is 1. The average molecular weight is 453 g/mol. The second-order valence-electron chi connectivity index (χ2n) is 8.16. The molecule has 2 aromatic rings. The second kappa shape index (κ2) is 9.94. The number of ether oxygens (including phenoxy) is 3. The molecule has 1 unspecified atom stereocenters. The zero-order valence-electron chi connectivity index (χ0n) is 18.5. The summed E-state index contributed by atoms with van der Waals surface area (Å²) in [4.78, 5) is 38.7. The molecule has 2 aromatic carbocycles. The van der Waals surface area contributed by atoms with E-state index in [1.807, 2.05) is 30.3 Å². The first kappa shape index (κ1) is 22.6. The fourth-order valence-corrected chi connectivity index (χ4v) is 4.21. The Bertz CT molecular complexity index is 1030. The highest BCUT2D eigenvalue weighted by atomic mass is 16.5.